The van der Waals surface area contributed by atoms with E-state index in [1.807, 2.05) is 12.1 Å². The Morgan fingerprint density at radius 3 is 3.11 bits per heavy atom. The van der Waals surface area contributed by atoms with Crippen LogP contribution in [-0.2, 0) is 4.79 Å². The van der Waals surface area contributed by atoms with Crippen molar-refractivity contribution < 1.29 is 9.90 Å². The van der Waals surface area contributed by atoms with E-state index < -0.39 is 0 Å². The molecule has 1 N–H and O–H groups in total. The average Bonchev–Trinajstić information content (AvgIpc) is 2.45. The molecule has 0 fully saturated rings. The predicted octanol–water partition coefficient (Wildman–Crippen LogP) is 1.73. The second-order valence-corrected chi connectivity index (χ2v) is 5.85. The minimum absolute atomic E-state index is 0.0715. The minimum atomic E-state index is 0.0715. The Kier molecular flexibility index (Phi) is 3.57. The minimum Gasteiger partial charge on any atom is -0.396 e. The van der Waals surface area contributed by atoms with Crippen molar-refractivity contribution >= 4 is 23.4 Å². The molecule has 0 bridgehead atoms. The molecule has 0 aliphatic carbocycles. The molecule has 1 atom stereocenters. The topological polar surface area (TPSA) is 52.9 Å². The van der Waals surface area contributed by atoms with E-state index in [1.54, 1.807) is 11.8 Å². The standard InChI is InChI=1S/C14H16N2O2S/c17-7-3-6-16-13(18)8-10-9-19-12-5-2-1-4-11(12)14(10)15-16/h1-2,4-5,10,17H,3,6-9H2. The Morgan fingerprint density at radius 2 is 2.26 bits per heavy atom. The lowest BCUT2D eigenvalue weighted by Crippen LogP contribution is -2.40. The first-order chi connectivity index (χ1) is 9.29. The maximum atomic E-state index is 12.0. The molecule has 1 aromatic rings. The quantitative estimate of drug-likeness (QED) is 0.914. The van der Waals surface area contributed by atoms with Crippen molar-refractivity contribution in [1.29, 1.82) is 0 Å². The summed E-state index contributed by atoms with van der Waals surface area (Å²) in [6.07, 6.45) is 1.11. The highest BCUT2D eigenvalue weighted by atomic mass is 32.2. The van der Waals surface area contributed by atoms with Gasteiger partial charge in [0.2, 0.25) is 5.91 Å². The Morgan fingerprint density at radius 1 is 1.42 bits per heavy atom. The fourth-order valence-electron chi connectivity index (χ4n) is 2.48. The van der Waals surface area contributed by atoms with Gasteiger partial charge in [-0.1, -0.05) is 18.2 Å². The van der Waals surface area contributed by atoms with Gasteiger partial charge in [0.15, 0.2) is 0 Å². The summed E-state index contributed by atoms with van der Waals surface area (Å²) in [5.41, 5.74) is 2.19. The Hall–Kier alpha value is -1.33. The van der Waals surface area contributed by atoms with E-state index in [9.17, 15) is 4.79 Å². The number of hydrazone groups is 1. The summed E-state index contributed by atoms with van der Waals surface area (Å²) in [4.78, 5) is 13.2. The number of nitrogens with zero attached hydrogens (tertiary/aromatic N) is 2. The van der Waals surface area contributed by atoms with Gasteiger partial charge in [0.25, 0.3) is 0 Å². The first kappa shape index (κ1) is 12.7. The molecule has 0 aromatic heterocycles. The van der Waals surface area contributed by atoms with E-state index in [0.717, 1.165) is 17.0 Å². The lowest BCUT2D eigenvalue weighted by Gasteiger charge is -2.32. The zero-order valence-corrected chi connectivity index (χ0v) is 11.4. The number of aliphatic hydroxyl groups is 1. The molecular formula is C14H16N2O2S. The Balaban J connectivity index is 1.94. The maximum Gasteiger partial charge on any atom is 0.243 e. The number of hydrogen-bond acceptors (Lipinski definition) is 4. The van der Waals surface area contributed by atoms with Crippen LogP contribution in [-0.4, -0.2) is 40.6 Å². The van der Waals surface area contributed by atoms with E-state index in [0.29, 0.717) is 19.4 Å². The normalized spacial score (nSPS) is 21.7. The average molecular weight is 276 g/mol. The number of carbonyl (C=O) groups excluding carboxylic acids is 1. The second-order valence-electron chi connectivity index (χ2n) is 4.79. The van der Waals surface area contributed by atoms with Crippen molar-refractivity contribution in [1.82, 2.24) is 5.01 Å². The number of amides is 1. The summed E-state index contributed by atoms with van der Waals surface area (Å²) in [6.45, 7) is 0.589. The molecule has 2 heterocycles. The highest BCUT2D eigenvalue weighted by Crippen LogP contribution is 2.36. The van der Waals surface area contributed by atoms with E-state index in [2.05, 4.69) is 17.2 Å². The molecule has 0 saturated carbocycles. The molecule has 1 aromatic carbocycles. The van der Waals surface area contributed by atoms with Gasteiger partial charge in [0, 0.05) is 41.7 Å². The van der Waals surface area contributed by atoms with E-state index >= 15 is 0 Å². The van der Waals surface area contributed by atoms with Crippen LogP contribution in [0.1, 0.15) is 18.4 Å². The van der Waals surface area contributed by atoms with Gasteiger partial charge in [-0.3, -0.25) is 4.79 Å². The molecule has 0 spiro atoms. The molecule has 1 unspecified atom stereocenters. The molecule has 2 aliphatic rings. The number of carbonyl (C=O) groups is 1. The first-order valence-electron chi connectivity index (χ1n) is 6.51. The molecule has 4 nitrogen and oxygen atoms in total. The van der Waals surface area contributed by atoms with Crippen molar-refractivity contribution in [3.05, 3.63) is 29.8 Å². The third kappa shape index (κ3) is 2.40. The summed E-state index contributed by atoms with van der Waals surface area (Å²) < 4.78 is 0. The molecular weight excluding hydrogens is 260 g/mol. The summed E-state index contributed by atoms with van der Waals surface area (Å²) in [7, 11) is 0. The van der Waals surface area contributed by atoms with E-state index in [4.69, 9.17) is 5.11 Å². The maximum absolute atomic E-state index is 12.0. The van der Waals surface area contributed by atoms with Gasteiger partial charge in [0.05, 0.1) is 5.71 Å². The summed E-state index contributed by atoms with van der Waals surface area (Å²) in [5, 5.41) is 14.9. The molecule has 1 amide bonds. The summed E-state index contributed by atoms with van der Waals surface area (Å²) in [6, 6.07) is 8.23. The van der Waals surface area contributed by atoms with Crippen molar-refractivity contribution in [3.8, 4) is 0 Å². The number of rotatable bonds is 3. The first-order valence-corrected chi connectivity index (χ1v) is 7.50. The lowest BCUT2D eigenvalue weighted by molar-refractivity contribution is -0.132. The van der Waals surface area contributed by atoms with Crippen LogP contribution in [0.25, 0.3) is 0 Å². The van der Waals surface area contributed by atoms with Crippen LogP contribution in [0.2, 0.25) is 0 Å². The van der Waals surface area contributed by atoms with Crippen LogP contribution < -0.4 is 0 Å². The van der Waals surface area contributed by atoms with E-state index in [-0.39, 0.29) is 18.4 Å². The zero-order chi connectivity index (χ0) is 13.2. The zero-order valence-electron chi connectivity index (χ0n) is 10.6. The predicted molar refractivity (Wildman–Crippen MR) is 75.2 cm³/mol. The molecule has 0 saturated heterocycles. The van der Waals surface area contributed by atoms with Gasteiger partial charge in [-0.05, 0) is 12.5 Å². The molecule has 5 heteroatoms. The van der Waals surface area contributed by atoms with Gasteiger partial charge < -0.3 is 5.11 Å². The van der Waals surface area contributed by atoms with Gasteiger partial charge in [0.1, 0.15) is 0 Å². The van der Waals surface area contributed by atoms with Gasteiger partial charge >= 0.3 is 0 Å². The SMILES string of the molecule is O=C1CC2CSc3ccccc3C2=NN1CCCO. The fourth-order valence-corrected chi connectivity index (χ4v) is 3.64. The Labute approximate surface area is 116 Å². The lowest BCUT2D eigenvalue weighted by atomic mass is 9.93. The third-order valence-corrected chi connectivity index (χ3v) is 4.69. The fraction of sp³-hybridized carbons (Fsp3) is 0.429. The van der Waals surface area contributed by atoms with Crippen molar-refractivity contribution in [3.63, 3.8) is 0 Å². The Bertz CT molecular complexity index is 530. The largest absolute Gasteiger partial charge is 0.396 e. The number of thioether (sulfide) groups is 1. The number of hydrogen-bond donors (Lipinski definition) is 1. The summed E-state index contributed by atoms with van der Waals surface area (Å²) >= 11 is 1.80. The van der Waals surface area contributed by atoms with Crippen molar-refractivity contribution in [2.75, 3.05) is 18.9 Å². The van der Waals surface area contributed by atoms with Crippen LogP contribution in [0.4, 0.5) is 0 Å². The second kappa shape index (κ2) is 5.35. The molecule has 100 valence electrons. The van der Waals surface area contributed by atoms with E-state index in [1.165, 1.54) is 9.90 Å². The highest BCUT2D eigenvalue weighted by molar-refractivity contribution is 7.99. The van der Waals surface area contributed by atoms with Crippen LogP contribution in [0, 0.1) is 5.92 Å². The van der Waals surface area contributed by atoms with Gasteiger partial charge in [-0.25, -0.2) is 5.01 Å². The van der Waals surface area contributed by atoms with Gasteiger partial charge in [-0.2, -0.15) is 5.10 Å². The molecule has 3 rings (SSSR count). The molecule has 2 aliphatic heterocycles. The van der Waals surface area contributed by atoms with Crippen LogP contribution in [0.3, 0.4) is 0 Å². The number of benzene rings is 1. The smallest absolute Gasteiger partial charge is 0.243 e. The van der Waals surface area contributed by atoms with Crippen molar-refractivity contribution in [2.24, 2.45) is 11.0 Å². The molecule has 0 radical (unpaired) electrons. The third-order valence-electron chi connectivity index (χ3n) is 3.46. The highest BCUT2D eigenvalue weighted by Gasteiger charge is 2.33. The van der Waals surface area contributed by atoms with Crippen LogP contribution in [0.5, 0.6) is 0 Å². The number of fused-ring (bicyclic) bond motifs is 3. The number of aliphatic hydroxyl groups excluding tert-OH is 1. The monoisotopic (exact) mass is 276 g/mol. The van der Waals surface area contributed by atoms with Crippen LogP contribution >= 0.6 is 11.8 Å². The van der Waals surface area contributed by atoms with Crippen molar-refractivity contribution in [2.45, 2.75) is 17.7 Å². The summed E-state index contributed by atoms with van der Waals surface area (Å²) in [5.74, 6) is 1.23. The molecule has 19 heavy (non-hydrogen) atoms. The van der Waals surface area contributed by atoms with Crippen LogP contribution in [0.15, 0.2) is 34.3 Å². The van der Waals surface area contributed by atoms with Gasteiger partial charge in [-0.15, -0.1) is 11.8 Å².